The highest BCUT2D eigenvalue weighted by molar-refractivity contribution is 5.97. The van der Waals surface area contributed by atoms with Crippen LogP contribution in [0.15, 0.2) is 59.1 Å². The van der Waals surface area contributed by atoms with Crippen molar-refractivity contribution in [2.24, 2.45) is 5.92 Å². The van der Waals surface area contributed by atoms with Crippen LogP contribution in [0.5, 0.6) is 0 Å². The Balaban J connectivity index is 1.33. The Morgan fingerprint density at radius 3 is 2.54 bits per heavy atom. The third-order valence-electron chi connectivity index (χ3n) is 6.61. The first-order valence-electron chi connectivity index (χ1n) is 12.0. The van der Waals surface area contributed by atoms with E-state index >= 15 is 0 Å². The fourth-order valence-electron chi connectivity index (χ4n) is 4.53. The second-order valence-corrected chi connectivity index (χ2v) is 9.33. The molecule has 0 atom stereocenters. The van der Waals surface area contributed by atoms with E-state index in [-0.39, 0.29) is 18.2 Å². The van der Waals surface area contributed by atoms with Crippen LogP contribution in [0, 0.1) is 5.92 Å². The van der Waals surface area contributed by atoms with Crippen molar-refractivity contribution in [2.75, 3.05) is 18.4 Å². The number of amides is 1. The van der Waals surface area contributed by atoms with E-state index in [4.69, 9.17) is 4.42 Å². The number of anilines is 1. The molecule has 1 fully saturated rings. The summed E-state index contributed by atoms with van der Waals surface area (Å²) in [5.74, 6) is 1.66. The van der Waals surface area contributed by atoms with Crippen LogP contribution in [0.2, 0.25) is 0 Å². The molecule has 0 bridgehead atoms. The van der Waals surface area contributed by atoms with E-state index in [2.05, 4.69) is 27.3 Å². The van der Waals surface area contributed by atoms with Crippen LogP contribution in [-0.2, 0) is 17.9 Å². The predicted octanol–water partition coefficient (Wildman–Crippen LogP) is 4.76. The van der Waals surface area contributed by atoms with Crippen molar-refractivity contribution in [3.8, 4) is 11.5 Å². The SMILES string of the molecule is CC(=O)c1ccc(NC(=O)Cn2cc(-c3nnc(CN4CCC(C)CC4)o3)c3ccccc32)cc1. The summed E-state index contributed by atoms with van der Waals surface area (Å²) in [5, 5.41) is 12.4. The number of fused-ring (bicyclic) bond motifs is 1. The number of carbonyl (C=O) groups excluding carboxylic acids is 2. The van der Waals surface area contributed by atoms with Gasteiger partial charge in [-0.05, 0) is 69.1 Å². The van der Waals surface area contributed by atoms with Gasteiger partial charge in [0.05, 0.1) is 12.1 Å². The van der Waals surface area contributed by atoms with Gasteiger partial charge in [-0.2, -0.15) is 0 Å². The number of Topliss-reactive ketones (excluding diaryl/α,β-unsaturated/α-hetero) is 1. The molecule has 35 heavy (non-hydrogen) atoms. The molecule has 1 amide bonds. The molecule has 3 heterocycles. The number of para-hydroxylation sites is 1. The lowest BCUT2D eigenvalue weighted by atomic mass is 9.99. The molecule has 1 saturated heterocycles. The fourth-order valence-corrected chi connectivity index (χ4v) is 4.53. The summed E-state index contributed by atoms with van der Waals surface area (Å²) in [7, 11) is 0. The summed E-state index contributed by atoms with van der Waals surface area (Å²) >= 11 is 0. The highest BCUT2D eigenvalue weighted by Gasteiger charge is 2.20. The van der Waals surface area contributed by atoms with Crippen LogP contribution in [0.25, 0.3) is 22.4 Å². The smallest absolute Gasteiger partial charge is 0.249 e. The number of hydrogen-bond donors (Lipinski definition) is 1. The van der Waals surface area contributed by atoms with E-state index in [1.807, 2.05) is 35.0 Å². The van der Waals surface area contributed by atoms with E-state index in [1.165, 1.54) is 19.8 Å². The summed E-state index contributed by atoms with van der Waals surface area (Å²) in [6.07, 6.45) is 4.28. The lowest BCUT2D eigenvalue weighted by Gasteiger charge is -2.28. The van der Waals surface area contributed by atoms with E-state index in [9.17, 15) is 9.59 Å². The first kappa shape index (κ1) is 23.0. The number of ketones is 1. The molecule has 4 aromatic rings. The number of rotatable bonds is 7. The molecular formula is C27H29N5O3. The van der Waals surface area contributed by atoms with Crippen LogP contribution < -0.4 is 5.32 Å². The van der Waals surface area contributed by atoms with Gasteiger partial charge in [-0.15, -0.1) is 10.2 Å². The number of carbonyl (C=O) groups is 2. The van der Waals surface area contributed by atoms with Gasteiger partial charge >= 0.3 is 0 Å². The molecule has 1 aliphatic heterocycles. The molecule has 5 rings (SSSR count). The van der Waals surface area contributed by atoms with E-state index < -0.39 is 0 Å². The molecule has 0 aliphatic carbocycles. The monoisotopic (exact) mass is 471 g/mol. The number of piperidine rings is 1. The zero-order valence-corrected chi connectivity index (χ0v) is 20.0. The summed E-state index contributed by atoms with van der Waals surface area (Å²) in [6, 6.07) is 14.7. The van der Waals surface area contributed by atoms with E-state index in [1.54, 1.807) is 24.3 Å². The van der Waals surface area contributed by atoms with Gasteiger partial charge < -0.3 is 14.3 Å². The van der Waals surface area contributed by atoms with Gasteiger partial charge in [-0.1, -0.05) is 25.1 Å². The number of aromatic nitrogens is 3. The van der Waals surface area contributed by atoms with Crippen molar-refractivity contribution < 1.29 is 14.0 Å². The number of likely N-dealkylation sites (tertiary alicyclic amines) is 1. The first-order valence-corrected chi connectivity index (χ1v) is 12.0. The quantitative estimate of drug-likeness (QED) is 0.391. The van der Waals surface area contributed by atoms with Crippen molar-refractivity contribution >= 4 is 28.3 Å². The zero-order valence-electron chi connectivity index (χ0n) is 20.0. The van der Waals surface area contributed by atoms with Crippen LogP contribution in [-0.4, -0.2) is 44.4 Å². The van der Waals surface area contributed by atoms with Crippen molar-refractivity contribution in [1.29, 1.82) is 0 Å². The van der Waals surface area contributed by atoms with Gasteiger partial charge in [-0.3, -0.25) is 14.5 Å². The Morgan fingerprint density at radius 2 is 1.80 bits per heavy atom. The molecule has 1 aliphatic rings. The second-order valence-electron chi connectivity index (χ2n) is 9.33. The Bertz CT molecular complexity index is 1350. The molecule has 180 valence electrons. The molecule has 0 unspecified atom stereocenters. The number of hydrogen-bond acceptors (Lipinski definition) is 6. The summed E-state index contributed by atoms with van der Waals surface area (Å²) in [5.41, 5.74) is 2.97. The van der Waals surface area contributed by atoms with Crippen LogP contribution in [0.4, 0.5) is 5.69 Å². The minimum Gasteiger partial charge on any atom is -0.419 e. The van der Waals surface area contributed by atoms with E-state index in [0.29, 0.717) is 29.6 Å². The molecular weight excluding hydrogens is 442 g/mol. The number of benzene rings is 2. The van der Waals surface area contributed by atoms with Crippen LogP contribution in [0.3, 0.4) is 0 Å². The summed E-state index contributed by atoms with van der Waals surface area (Å²) < 4.78 is 7.94. The standard InChI is InChI=1S/C27H29N5O3/c1-18-11-13-31(14-12-18)17-26-29-30-27(35-26)23-15-32(24-6-4-3-5-22(23)24)16-25(34)28-21-9-7-20(8-10-21)19(2)33/h3-10,15,18H,11-14,16-17H2,1-2H3,(H,28,34). The Kier molecular flexibility index (Phi) is 6.46. The third kappa shape index (κ3) is 5.17. The average Bonchev–Trinajstić information content (AvgIpc) is 3.46. The molecule has 0 saturated carbocycles. The van der Waals surface area contributed by atoms with Crippen molar-refractivity contribution in [3.63, 3.8) is 0 Å². The molecule has 1 N–H and O–H groups in total. The van der Waals surface area contributed by atoms with E-state index in [0.717, 1.165) is 35.5 Å². The topological polar surface area (TPSA) is 93.3 Å². The van der Waals surface area contributed by atoms with Crippen LogP contribution in [0.1, 0.15) is 42.9 Å². The molecule has 2 aromatic carbocycles. The molecule has 8 nitrogen and oxygen atoms in total. The lowest BCUT2D eigenvalue weighted by molar-refractivity contribution is -0.116. The van der Waals surface area contributed by atoms with Gasteiger partial charge in [0, 0.05) is 28.4 Å². The molecule has 0 radical (unpaired) electrons. The van der Waals surface area contributed by atoms with Gasteiger partial charge in [0.15, 0.2) is 5.78 Å². The highest BCUT2D eigenvalue weighted by Crippen LogP contribution is 2.30. The molecule has 2 aromatic heterocycles. The zero-order chi connectivity index (χ0) is 24.4. The fraction of sp³-hybridized carbons (Fsp3) is 0.333. The molecule has 0 spiro atoms. The maximum absolute atomic E-state index is 12.8. The average molecular weight is 472 g/mol. The minimum absolute atomic E-state index is 0.0103. The normalized spacial score (nSPS) is 14.9. The lowest BCUT2D eigenvalue weighted by Crippen LogP contribution is -2.32. The Labute approximate surface area is 203 Å². The van der Waals surface area contributed by atoms with Gasteiger partial charge in [0.1, 0.15) is 6.54 Å². The molecule has 8 heteroatoms. The predicted molar refractivity (Wildman–Crippen MR) is 134 cm³/mol. The van der Waals surface area contributed by atoms with Gasteiger partial charge in [0.25, 0.3) is 0 Å². The van der Waals surface area contributed by atoms with Gasteiger partial charge in [0.2, 0.25) is 17.7 Å². The van der Waals surface area contributed by atoms with Crippen molar-refractivity contribution in [3.05, 3.63) is 66.2 Å². The number of nitrogens with zero attached hydrogens (tertiary/aromatic N) is 4. The highest BCUT2D eigenvalue weighted by atomic mass is 16.4. The summed E-state index contributed by atoms with van der Waals surface area (Å²) in [4.78, 5) is 26.6. The second kappa shape index (κ2) is 9.84. The largest absolute Gasteiger partial charge is 0.419 e. The Morgan fingerprint density at radius 1 is 1.06 bits per heavy atom. The Hall–Kier alpha value is -3.78. The maximum atomic E-state index is 12.8. The van der Waals surface area contributed by atoms with Gasteiger partial charge in [-0.25, -0.2) is 0 Å². The third-order valence-corrected chi connectivity index (χ3v) is 6.61. The summed E-state index contributed by atoms with van der Waals surface area (Å²) in [6.45, 7) is 6.69. The first-order chi connectivity index (χ1) is 17.0. The van der Waals surface area contributed by atoms with Crippen molar-refractivity contribution in [2.45, 2.75) is 39.8 Å². The number of nitrogens with one attached hydrogen (secondary N) is 1. The van der Waals surface area contributed by atoms with Crippen LogP contribution >= 0.6 is 0 Å². The van der Waals surface area contributed by atoms with Crippen molar-refractivity contribution in [1.82, 2.24) is 19.7 Å². The minimum atomic E-state index is -0.168. The maximum Gasteiger partial charge on any atom is 0.249 e.